The molecule has 0 saturated heterocycles. The molecule has 24 heavy (non-hydrogen) atoms. The molecule has 0 aromatic heterocycles. The molecule has 0 aliphatic rings. The van der Waals surface area contributed by atoms with E-state index in [9.17, 15) is 9.67 Å². The van der Waals surface area contributed by atoms with Crippen LogP contribution in [-0.2, 0) is 9.09 Å². The van der Waals surface area contributed by atoms with Gasteiger partial charge in [0, 0.05) is 6.61 Å². The average molecular weight is 378 g/mol. The summed E-state index contributed by atoms with van der Waals surface area (Å²) >= 11 is 0. The van der Waals surface area contributed by atoms with Crippen LogP contribution >= 0.6 is 7.82 Å². The summed E-state index contributed by atoms with van der Waals surface area (Å²) in [5, 5.41) is 18.2. The fourth-order valence-electron chi connectivity index (χ4n) is 2.53. The fraction of sp³-hybridized carbons (Fsp3) is 1.00. The molecule has 4 N–H and O–H groups in total. The minimum atomic E-state index is -4.46. The van der Waals surface area contributed by atoms with E-state index in [1.54, 1.807) is 0 Å². The van der Waals surface area contributed by atoms with E-state index >= 15 is 0 Å². The molecule has 0 aliphatic heterocycles. The second-order valence-electron chi connectivity index (χ2n) is 6.20. The number of phosphoric acid groups is 1. The van der Waals surface area contributed by atoms with Crippen LogP contribution in [0.5, 0.6) is 0 Å². The van der Waals surface area contributed by atoms with E-state index in [4.69, 9.17) is 14.9 Å². The minimum absolute atomic E-state index is 0. The Hall–Kier alpha value is 1.03. The van der Waals surface area contributed by atoms with E-state index in [2.05, 4.69) is 4.52 Å². The summed E-state index contributed by atoms with van der Waals surface area (Å²) in [6.07, 6.45) is 13.6. The standard InChI is InChI=1S/C16H35O6P.Na.H/c17-14-12-10-8-6-4-2-1-3-5-7-9-11-13-16(18)15-22-23(19,20)21;;/h16-18H,1-15H2,(H2,19,20,21);;. The van der Waals surface area contributed by atoms with Gasteiger partial charge < -0.3 is 20.0 Å². The van der Waals surface area contributed by atoms with Crippen molar-refractivity contribution < 1.29 is 29.1 Å². The zero-order chi connectivity index (χ0) is 17.4. The molecule has 8 heteroatoms. The molecule has 1 atom stereocenters. The summed E-state index contributed by atoms with van der Waals surface area (Å²) in [6.45, 7) is 0.0102. The first-order valence-corrected chi connectivity index (χ1v) is 10.5. The summed E-state index contributed by atoms with van der Waals surface area (Å²) in [4.78, 5) is 17.0. The van der Waals surface area contributed by atoms with Crippen molar-refractivity contribution in [2.24, 2.45) is 0 Å². The maximum absolute atomic E-state index is 10.5. The van der Waals surface area contributed by atoms with Crippen molar-refractivity contribution in [3.63, 3.8) is 0 Å². The number of hydrogen-bond acceptors (Lipinski definition) is 4. The molecule has 0 aromatic rings. The van der Waals surface area contributed by atoms with Crippen LogP contribution in [0.1, 0.15) is 83.5 Å². The van der Waals surface area contributed by atoms with Gasteiger partial charge in [-0.1, -0.05) is 70.6 Å². The molecule has 0 aliphatic carbocycles. The average Bonchev–Trinajstić information content (AvgIpc) is 2.49. The second-order valence-corrected chi connectivity index (χ2v) is 7.43. The first-order chi connectivity index (χ1) is 11.0. The molecule has 6 nitrogen and oxygen atoms in total. The van der Waals surface area contributed by atoms with Crippen molar-refractivity contribution in [3.8, 4) is 0 Å². The van der Waals surface area contributed by atoms with Gasteiger partial charge in [-0.25, -0.2) is 4.57 Å². The van der Waals surface area contributed by atoms with Crippen molar-refractivity contribution in [1.29, 1.82) is 0 Å². The Morgan fingerprint density at radius 1 is 0.750 bits per heavy atom. The molecular formula is C16H36NaO6P. The van der Waals surface area contributed by atoms with Gasteiger partial charge in [0.05, 0.1) is 12.7 Å². The molecule has 0 radical (unpaired) electrons. The number of aliphatic hydroxyl groups excluding tert-OH is 2. The van der Waals surface area contributed by atoms with Gasteiger partial charge in [0.15, 0.2) is 0 Å². The van der Waals surface area contributed by atoms with Crippen LogP contribution in [0.15, 0.2) is 0 Å². The predicted octanol–water partition coefficient (Wildman–Crippen LogP) is 2.87. The zero-order valence-corrected chi connectivity index (χ0v) is 15.1. The molecule has 0 bridgehead atoms. The summed E-state index contributed by atoms with van der Waals surface area (Å²) < 4.78 is 14.7. The van der Waals surface area contributed by atoms with Crippen LogP contribution < -0.4 is 0 Å². The molecule has 1 unspecified atom stereocenters. The van der Waals surface area contributed by atoms with E-state index in [-0.39, 0.29) is 36.2 Å². The van der Waals surface area contributed by atoms with Gasteiger partial charge in [0.2, 0.25) is 0 Å². The van der Waals surface area contributed by atoms with Gasteiger partial charge in [0.1, 0.15) is 0 Å². The van der Waals surface area contributed by atoms with Gasteiger partial charge in [0.25, 0.3) is 0 Å². The molecule has 0 spiro atoms. The molecular weight excluding hydrogens is 342 g/mol. The van der Waals surface area contributed by atoms with E-state index < -0.39 is 13.9 Å². The van der Waals surface area contributed by atoms with Crippen LogP contribution in [0.25, 0.3) is 0 Å². The number of aliphatic hydroxyl groups is 2. The van der Waals surface area contributed by atoms with E-state index in [0.717, 1.165) is 32.1 Å². The van der Waals surface area contributed by atoms with Gasteiger partial charge in [-0.3, -0.25) is 4.52 Å². The zero-order valence-electron chi connectivity index (χ0n) is 14.2. The molecule has 0 fully saturated rings. The second kappa shape index (κ2) is 18.8. The fourth-order valence-corrected chi connectivity index (χ4v) is 2.89. The van der Waals surface area contributed by atoms with Crippen LogP contribution in [0.2, 0.25) is 0 Å². The number of rotatable bonds is 17. The third-order valence-electron chi connectivity index (χ3n) is 3.88. The van der Waals surface area contributed by atoms with Crippen molar-refractivity contribution in [1.82, 2.24) is 0 Å². The summed E-state index contributed by atoms with van der Waals surface area (Å²) in [5.74, 6) is 0. The van der Waals surface area contributed by atoms with Crippen molar-refractivity contribution in [2.75, 3.05) is 13.2 Å². The topological polar surface area (TPSA) is 107 Å². The van der Waals surface area contributed by atoms with Crippen LogP contribution in [0, 0.1) is 0 Å². The van der Waals surface area contributed by atoms with Gasteiger partial charge >= 0.3 is 37.4 Å². The van der Waals surface area contributed by atoms with Crippen LogP contribution in [-0.4, -0.2) is 68.9 Å². The van der Waals surface area contributed by atoms with E-state index in [1.165, 1.54) is 44.9 Å². The Labute approximate surface area is 168 Å². The number of phosphoric ester groups is 1. The van der Waals surface area contributed by atoms with Gasteiger partial charge in [-0.15, -0.1) is 0 Å². The predicted molar refractivity (Wildman–Crippen MR) is 98.3 cm³/mol. The monoisotopic (exact) mass is 378 g/mol. The molecule has 142 valence electrons. The molecule has 0 amide bonds. The van der Waals surface area contributed by atoms with Crippen LogP contribution in [0.4, 0.5) is 0 Å². The third-order valence-corrected chi connectivity index (χ3v) is 4.37. The third kappa shape index (κ3) is 23.0. The first kappa shape index (κ1) is 27.3. The number of hydrogen-bond donors (Lipinski definition) is 4. The van der Waals surface area contributed by atoms with E-state index in [0.29, 0.717) is 13.0 Å². The van der Waals surface area contributed by atoms with Crippen molar-refractivity contribution >= 4 is 37.4 Å². The molecule has 0 saturated carbocycles. The van der Waals surface area contributed by atoms with Crippen molar-refractivity contribution in [3.05, 3.63) is 0 Å². The SMILES string of the molecule is O=P(O)(O)OCC(O)CCCCCCCCCCCCCCO.[NaH]. The normalized spacial score (nSPS) is 12.8. The Balaban J connectivity index is 0. The Morgan fingerprint density at radius 3 is 1.50 bits per heavy atom. The summed E-state index contributed by atoms with van der Waals surface area (Å²) in [6, 6.07) is 0. The van der Waals surface area contributed by atoms with Gasteiger partial charge in [-0.05, 0) is 12.8 Å². The maximum atomic E-state index is 10.5. The van der Waals surface area contributed by atoms with E-state index in [1.807, 2.05) is 0 Å². The Morgan fingerprint density at radius 2 is 1.12 bits per heavy atom. The molecule has 0 rings (SSSR count). The molecule has 0 heterocycles. The first-order valence-electron chi connectivity index (χ1n) is 8.94. The summed E-state index contributed by atoms with van der Waals surface area (Å²) in [7, 11) is -4.46. The Bertz CT molecular complexity index is 300. The number of unbranched alkanes of at least 4 members (excludes halogenated alkanes) is 11. The quantitative estimate of drug-likeness (QED) is 0.176. The summed E-state index contributed by atoms with van der Waals surface area (Å²) in [5.41, 5.74) is 0. The van der Waals surface area contributed by atoms with Crippen LogP contribution in [0.3, 0.4) is 0 Å². The Kier molecular flexibility index (Phi) is 21.4. The molecule has 0 aromatic carbocycles. The van der Waals surface area contributed by atoms with Gasteiger partial charge in [-0.2, -0.15) is 0 Å². The van der Waals surface area contributed by atoms with Crippen molar-refractivity contribution in [2.45, 2.75) is 89.6 Å².